The molecule has 0 amide bonds. The second-order valence-electron chi connectivity index (χ2n) is 2.26. The minimum atomic E-state index is -3.47. The van der Waals surface area contributed by atoms with Crippen molar-refractivity contribution in [2.45, 2.75) is 13.3 Å². The van der Waals surface area contributed by atoms with Crippen LogP contribution in [0.5, 0.6) is 0 Å². The molecule has 13 heavy (non-hydrogen) atoms. The van der Waals surface area contributed by atoms with Crippen LogP contribution in [-0.2, 0) is 18.6 Å². The smallest absolute Gasteiger partial charge is 0.330 e. The summed E-state index contributed by atoms with van der Waals surface area (Å²) in [6, 6.07) is 0. The number of carbonyl (C=O) groups is 1. The Balaban J connectivity index is 3.53. The van der Waals surface area contributed by atoms with E-state index < -0.39 is 15.0 Å². The largest absolute Gasteiger partial charge is 0.463 e. The van der Waals surface area contributed by atoms with Crippen LogP contribution in [0, 0.1) is 0 Å². The van der Waals surface area contributed by atoms with Crippen molar-refractivity contribution in [3.05, 3.63) is 12.2 Å². The third kappa shape index (κ3) is 9.36. The molecule has 0 aromatic rings. The van der Waals surface area contributed by atoms with Gasteiger partial charge in [-0.25, -0.2) is 13.2 Å². The van der Waals surface area contributed by atoms with Crippen LogP contribution in [-0.4, -0.2) is 26.7 Å². The van der Waals surface area contributed by atoms with E-state index >= 15 is 0 Å². The Morgan fingerprint density at radius 2 is 2.15 bits per heavy atom. The second kappa shape index (κ2) is 5.99. The summed E-state index contributed by atoms with van der Waals surface area (Å²) < 4.78 is 25.5. The SMILES string of the molecule is C/C=C/C(=O)OCCCS(=O)(=O)Cl. The van der Waals surface area contributed by atoms with Gasteiger partial charge < -0.3 is 4.74 Å². The first-order chi connectivity index (χ1) is 5.95. The number of esters is 1. The molecule has 0 saturated carbocycles. The lowest BCUT2D eigenvalue weighted by Crippen LogP contribution is -2.06. The van der Waals surface area contributed by atoms with Crippen molar-refractivity contribution in [2.75, 3.05) is 12.4 Å². The molecule has 0 bridgehead atoms. The average molecular weight is 227 g/mol. The van der Waals surface area contributed by atoms with Gasteiger partial charge in [0.1, 0.15) is 0 Å². The minimum Gasteiger partial charge on any atom is -0.463 e. The highest BCUT2D eigenvalue weighted by atomic mass is 35.7. The van der Waals surface area contributed by atoms with E-state index in [0.29, 0.717) is 0 Å². The van der Waals surface area contributed by atoms with Crippen molar-refractivity contribution in [1.29, 1.82) is 0 Å². The highest BCUT2D eigenvalue weighted by molar-refractivity contribution is 8.13. The van der Waals surface area contributed by atoms with Crippen LogP contribution in [0.2, 0.25) is 0 Å². The summed E-state index contributed by atoms with van der Waals surface area (Å²) in [5.41, 5.74) is 0. The van der Waals surface area contributed by atoms with E-state index in [0.717, 1.165) is 0 Å². The Kier molecular flexibility index (Phi) is 5.73. The third-order valence-electron chi connectivity index (χ3n) is 1.08. The van der Waals surface area contributed by atoms with E-state index in [-0.39, 0.29) is 18.8 Å². The molecule has 76 valence electrons. The van der Waals surface area contributed by atoms with Crippen molar-refractivity contribution < 1.29 is 17.9 Å². The van der Waals surface area contributed by atoms with E-state index in [1.165, 1.54) is 6.08 Å². The zero-order chi connectivity index (χ0) is 10.3. The van der Waals surface area contributed by atoms with Crippen LogP contribution in [0.25, 0.3) is 0 Å². The van der Waals surface area contributed by atoms with Crippen LogP contribution in [0.4, 0.5) is 0 Å². The normalized spacial score (nSPS) is 11.8. The molecular weight excluding hydrogens is 216 g/mol. The van der Waals surface area contributed by atoms with Gasteiger partial charge in [0.2, 0.25) is 9.05 Å². The fourth-order valence-corrected chi connectivity index (χ4v) is 1.38. The molecule has 0 fully saturated rings. The first-order valence-corrected chi connectivity index (χ1v) is 6.15. The summed E-state index contributed by atoms with van der Waals surface area (Å²) in [5.74, 6) is -0.660. The van der Waals surface area contributed by atoms with Gasteiger partial charge in [-0.1, -0.05) is 6.08 Å². The number of allylic oxidation sites excluding steroid dienone is 1. The van der Waals surface area contributed by atoms with Gasteiger partial charge in [-0.3, -0.25) is 0 Å². The molecule has 0 unspecified atom stereocenters. The Labute approximate surface area is 81.9 Å². The topological polar surface area (TPSA) is 60.4 Å². The zero-order valence-electron chi connectivity index (χ0n) is 7.20. The molecule has 0 aliphatic heterocycles. The van der Waals surface area contributed by atoms with Crippen LogP contribution < -0.4 is 0 Å². The average Bonchev–Trinajstić information content (AvgIpc) is 1.97. The van der Waals surface area contributed by atoms with Crippen molar-refractivity contribution in [3.8, 4) is 0 Å². The molecule has 0 spiro atoms. The summed E-state index contributed by atoms with van der Waals surface area (Å²) in [7, 11) is 1.46. The van der Waals surface area contributed by atoms with Crippen LogP contribution in [0.3, 0.4) is 0 Å². The molecule has 6 heteroatoms. The standard InChI is InChI=1S/C7H11ClO4S/c1-2-4-7(9)12-5-3-6-13(8,10)11/h2,4H,3,5-6H2,1H3/b4-2+. The summed E-state index contributed by atoms with van der Waals surface area (Å²) in [6.07, 6.45) is 3.02. The molecule has 0 rings (SSSR count). The van der Waals surface area contributed by atoms with Gasteiger partial charge in [-0.15, -0.1) is 0 Å². The second-order valence-corrected chi connectivity index (χ2v) is 5.16. The van der Waals surface area contributed by atoms with Crippen molar-refractivity contribution in [2.24, 2.45) is 0 Å². The maximum atomic E-state index is 10.7. The number of ether oxygens (including phenoxy) is 1. The number of rotatable bonds is 5. The minimum absolute atomic E-state index is 0.0646. The maximum absolute atomic E-state index is 10.7. The van der Waals surface area contributed by atoms with Gasteiger partial charge in [0.25, 0.3) is 0 Å². The fraction of sp³-hybridized carbons (Fsp3) is 0.571. The highest BCUT2D eigenvalue weighted by Gasteiger charge is 2.04. The predicted molar refractivity (Wildman–Crippen MR) is 50.0 cm³/mol. The maximum Gasteiger partial charge on any atom is 0.330 e. The van der Waals surface area contributed by atoms with Gasteiger partial charge >= 0.3 is 5.97 Å². The number of hydrogen-bond acceptors (Lipinski definition) is 4. The lowest BCUT2D eigenvalue weighted by atomic mass is 10.5. The number of hydrogen-bond donors (Lipinski definition) is 0. The van der Waals surface area contributed by atoms with Crippen LogP contribution in [0.15, 0.2) is 12.2 Å². The van der Waals surface area contributed by atoms with E-state index in [2.05, 4.69) is 4.74 Å². The van der Waals surface area contributed by atoms with Gasteiger partial charge in [-0.2, -0.15) is 0 Å². The molecule has 0 N–H and O–H groups in total. The molecule has 0 aliphatic rings. The first kappa shape index (κ1) is 12.4. The summed E-state index contributed by atoms with van der Waals surface area (Å²) in [5, 5.41) is 0. The summed E-state index contributed by atoms with van der Waals surface area (Å²) in [4.78, 5) is 10.7. The van der Waals surface area contributed by atoms with E-state index in [1.807, 2.05) is 0 Å². The monoisotopic (exact) mass is 226 g/mol. The fourth-order valence-electron chi connectivity index (χ4n) is 0.588. The Bertz CT molecular complexity index is 281. The Hall–Kier alpha value is -0.550. The molecule has 0 heterocycles. The Morgan fingerprint density at radius 1 is 1.54 bits per heavy atom. The molecule has 0 aliphatic carbocycles. The number of halogens is 1. The zero-order valence-corrected chi connectivity index (χ0v) is 8.77. The molecule has 4 nitrogen and oxygen atoms in total. The Morgan fingerprint density at radius 3 is 2.62 bits per heavy atom. The van der Waals surface area contributed by atoms with Gasteiger partial charge in [-0.05, 0) is 13.3 Å². The predicted octanol–water partition coefficient (Wildman–Crippen LogP) is 1.06. The first-order valence-electron chi connectivity index (χ1n) is 3.67. The van der Waals surface area contributed by atoms with Gasteiger partial charge in [0.05, 0.1) is 12.4 Å². The van der Waals surface area contributed by atoms with Gasteiger partial charge in [0.15, 0.2) is 0 Å². The lowest BCUT2D eigenvalue weighted by molar-refractivity contribution is -0.137. The lowest BCUT2D eigenvalue weighted by Gasteiger charge is -1.99. The number of carbonyl (C=O) groups excluding carboxylic acids is 1. The molecule has 0 radical (unpaired) electrons. The molecule has 0 aromatic carbocycles. The van der Waals surface area contributed by atoms with Gasteiger partial charge in [0, 0.05) is 16.8 Å². The summed E-state index contributed by atoms with van der Waals surface area (Å²) in [6.45, 7) is 1.75. The van der Waals surface area contributed by atoms with Crippen molar-refractivity contribution in [1.82, 2.24) is 0 Å². The quantitative estimate of drug-likeness (QED) is 0.305. The molecule has 0 atom stereocenters. The van der Waals surface area contributed by atoms with E-state index in [1.54, 1.807) is 13.0 Å². The molecule has 0 aromatic heterocycles. The van der Waals surface area contributed by atoms with Crippen molar-refractivity contribution in [3.63, 3.8) is 0 Å². The van der Waals surface area contributed by atoms with E-state index in [9.17, 15) is 13.2 Å². The molecular formula is C7H11ClO4S. The van der Waals surface area contributed by atoms with E-state index in [4.69, 9.17) is 10.7 Å². The molecule has 0 saturated heterocycles. The van der Waals surface area contributed by atoms with Crippen LogP contribution in [0.1, 0.15) is 13.3 Å². The highest BCUT2D eigenvalue weighted by Crippen LogP contribution is 1.98. The van der Waals surface area contributed by atoms with Crippen LogP contribution >= 0.6 is 10.7 Å². The summed E-state index contributed by atoms with van der Waals surface area (Å²) >= 11 is 0. The van der Waals surface area contributed by atoms with Crippen molar-refractivity contribution >= 4 is 25.7 Å². The third-order valence-corrected chi connectivity index (χ3v) is 2.32.